The highest BCUT2D eigenvalue weighted by molar-refractivity contribution is 5.90. The maximum Gasteiger partial charge on any atom is 0.131 e. The number of anilines is 9. The van der Waals surface area contributed by atoms with Gasteiger partial charge in [0.2, 0.25) is 0 Å². The molecule has 0 aliphatic carbocycles. The first-order valence-corrected chi connectivity index (χ1v) is 24.7. The number of benzene rings is 10. The number of rotatable bonds is 18. The average molecular weight is 1000 g/mol. The van der Waals surface area contributed by atoms with Gasteiger partial charge in [-0.2, -0.15) is 0 Å². The summed E-state index contributed by atoms with van der Waals surface area (Å²) in [5.74, 6) is 4.78. The van der Waals surface area contributed by atoms with Gasteiger partial charge in [-0.15, -0.1) is 0 Å². The lowest BCUT2D eigenvalue weighted by Crippen LogP contribution is -2.10. The van der Waals surface area contributed by atoms with Crippen molar-refractivity contribution in [3.05, 3.63) is 231 Å². The monoisotopic (exact) mass is 1000 g/mol. The predicted molar refractivity (Wildman–Crippen MR) is 308 cm³/mol. The van der Waals surface area contributed by atoms with Crippen LogP contribution in [0.15, 0.2) is 231 Å². The molecule has 10 rings (SSSR count). The van der Waals surface area contributed by atoms with Crippen molar-refractivity contribution in [2.75, 3.05) is 57.4 Å². The summed E-state index contributed by atoms with van der Waals surface area (Å²) in [6.45, 7) is 0. The van der Waals surface area contributed by atoms with E-state index in [1.807, 2.05) is 146 Å². The molecule has 10 heteroatoms. The third-order valence-electron chi connectivity index (χ3n) is 13.4. The van der Waals surface area contributed by atoms with Gasteiger partial charge >= 0.3 is 0 Å². The maximum atomic E-state index is 12.6. The number of phenols is 1. The molecule has 0 aromatic heterocycles. The Morgan fingerprint density at radius 3 is 0.579 bits per heavy atom. The number of nitrogens with zero attached hydrogens (tertiary/aromatic N) is 3. The Labute approximate surface area is 444 Å². The van der Waals surface area contributed by atoms with Crippen molar-refractivity contribution in [1.82, 2.24) is 0 Å². The molecular formula is C66H57N3O7. The Morgan fingerprint density at radius 2 is 0.395 bits per heavy atom. The van der Waals surface area contributed by atoms with E-state index in [4.69, 9.17) is 28.4 Å². The third kappa shape index (κ3) is 10.5. The van der Waals surface area contributed by atoms with Gasteiger partial charge in [0.1, 0.15) is 40.2 Å². The van der Waals surface area contributed by atoms with Crippen LogP contribution >= 0.6 is 0 Å². The number of hydrogen-bond acceptors (Lipinski definition) is 10. The van der Waals surface area contributed by atoms with Crippen LogP contribution in [-0.2, 0) is 0 Å². The summed E-state index contributed by atoms with van der Waals surface area (Å²) < 4.78 is 33.0. The molecule has 0 fully saturated rings. The predicted octanol–water partition coefficient (Wildman–Crippen LogP) is 16.9. The SMILES string of the molecule is COc1ccc(N(c2ccc(OC)cc2)c2ccc(-c3cc(-c4ccc(N(c5ccc(OC)cc5)c5ccc(OC)cc5)cc4)c(O)c(-c4ccc(N(c5ccc(OC)cc5)c5ccc(OC)cc5)cc4)c3)cc2)cc1. The second-order valence-electron chi connectivity index (χ2n) is 17.8. The van der Waals surface area contributed by atoms with E-state index in [2.05, 4.69) is 99.6 Å². The zero-order valence-electron chi connectivity index (χ0n) is 43.2. The van der Waals surface area contributed by atoms with Crippen molar-refractivity contribution in [2.45, 2.75) is 0 Å². The minimum Gasteiger partial charge on any atom is -0.507 e. The van der Waals surface area contributed by atoms with E-state index >= 15 is 0 Å². The lowest BCUT2D eigenvalue weighted by molar-refractivity contribution is 0.414. The molecule has 76 heavy (non-hydrogen) atoms. The highest BCUT2D eigenvalue weighted by atomic mass is 16.5. The fraction of sp³-hybridized carbons (Fsp3) is 0.0909. The van der Waals surface area contributed by atoms with E-state index < -0.39 is 0 Å². The van der Waals surface area contributed by atoms with Gasteiger partial charge < -0.3 is 48.2 Å². The quantitative estimate of drug-likeness (QED) is 0.0897. The molecule has 0 radical (unpaired) electrons. The molecule has 10 aromatic rings. The van der Waals surface area contributed by atoms with Gasteiger partial charge in [-0.05, 0) is 216 Å². The second kappa shape index (κ2) is 22.5. The Balaban J connectivity index is 1.07. The van der Waals surface area contributed by atoms with Crippen molar-refractivity contribution in [1.29, 1.82) is 0 Å². The van der Waals surface area contributed by atoms with Crippen LogP contribution in [0.1, 0.15) is 0 Å². The summed E-state index contributed by atoms with van der Waals surface area (Å²) in [6.07, 6.45) is 0. The molecular weight excluding hydrogens is 947 g/mol. The van der Waals surface area contributed by atoms with Gasteiger partial charge in [0.15, 0.2) is 0 Å². The van der Waals surface area contributed by atoms with Crippen molar-refractivity contribution in [3.8, 4) is 73.6 Å². The van der Waals surface area contributed by atoms with Gasteiger partial charge in [0.05, 0.1) is 42.7 Å². The number of hydrogen-bond donors (Lipinski definition) is 1. The van der Waals surface area contributed by atoms with E-state index in [1.165, 1.54) is 0 Å². The minimum absolute atomic E-state index is 0.162. The van der Waals surface area contributed by atoms with Crippen LogP contribution in [0.3, 0.4) is 0 Å². The fourth-order valence-electron chi connectivity index (χ4n) is 9.35. The highest BCUT2D eigenvalue weighted by Crippen LogP contribution is 2.46. The van der Waals surface area contributed by atoms with E-state index in [9.17, 15) is 5.11 Å². The van der Waals surface area contributed by atoms with Crippen molar-refractivity contribution < 1.29 is 33.5 Å². The zero-order chi connectivity index (χ0) is 52.5. The number of methoxy groups -OCH3 is 6. The van der Waals surface area contributed by atoms with Crippen LogP contribution in [0.5, 0.6) is 40.2 Å². The third-order valence-corrected chi connectivity index (χ3v) is 13.4. The molecule has 10 nitrogen and oxygen atoms in total. The molecule has 0 aliphatic rings. The van der Waals surface area contributed by atoms with Crippen LogP contribution < -0.4 is 43.1 Å². The molecule has 378 valence electrons. The van der Waals surface area contributed by atoms with E-state index in [1.54, 1.807) is 42.7 Å². The van der Waals surface area contributed by atoms with Gasteiger partial charge in [-0.3, -0.25) is 0 Å². The largest absolute Gasteiger partial charge is 0.507 e. The Bertz CT molecular complexity index is 3190. The molecule has 10 aromatic carbocycles. The second-order valence-corrected chi connectivity index (χ2v) is 17.8. The molecule has 0 unspecified atom stereocenters. The zero-order valence-corrected chi connectivity index (χ0v) is 43.2. The summed E-state index contributed by atoms with van der Waals surface area (Å²) in [6, 6.07) is 77.2. The molecule has 0 saturated heterocycles. The van der Waals surface area contributed by atoms with Gasteiger partial charge in [0, 0.05) is 62.3 Å². The van der Waals surface area contributed by atoms with E-state index in [-0.39, 0.29) is 5.75 Å². The summed E-state index contributed by atoms with van der Waals surface area (Å²) >= 11 is 0. The van der Waals surface area contributed by atoms with Gasteiger partial charge in [0.25, 0.3) is 0 Å². The van der Waals surface area contributed by atoms with Gasteiger partial charge in [-0.1, -0.05) is 36.4 Å². The molecule has 0 spiro atoms. The minimum atomic E-state index is 0.162. The summed E-state index contributed by atoms with van der Waals surface area (Å²) in [5, 5.41) is 12.6. The first kappa shape index (κ1) is 49.8. The van der Waals surface area contributed by atoms with Crippen LogP contribution in [0.2, 0.25) is 0 Å². The summed E-state index contributed by atoms with van der Waals surface area (Å²) in [7, 11) is 10.00. The fourth-order valence-corrected chi connectivity index (χ4v) is 9.35. The maximum absolute atomic E-state index is 12.6. The molecule has 0 saturated carbocycles. The van der Waals surface area contributed by atoms with Crippen LogP contribution in [0.25, 0.3) is 33.4 Å². The number of aromatic hydroxyl groups is 1. The van der Waals surface area contributed by atoms with Crippen LogP contribution in [0, 0.1) is 0 Å². The molecule has 0 amide bonds. The summed E-state index contributed by atoms with van der Waals surface area (Å²) in [4.78, 5) is 6.55. The molecule has 0 bridgehead atoms. The lowest BCUT2D eigenvalue weighted by atomic mass is 9.91. The summed E-state index contributed by atoms with van der Waals surface area (Å²) in [5.41, 5.74) is 13.5. The van der Waals surface area contributed by atoms with Crippen molar-refractivity contribution in [2.24, 2.45) is 0 Å². The van der Waals surface area contributed by atoms with Crippen molar-refractivity contribution in [3.63, 3.8) is 0 Å². The first-order chi connectivity index (χ1) is 37.3. The topological polar surface area (TPSA) is 85.3 Å². The first-order valence-electron chi connectivity index (χ1n) is 24.7. The van der Waals surface area contributed by atoms with Crippen molar-refractivity contribution >= 4 is 51.2 Å². The molecule has 1 N–H and O–H groups in total. The van der Waals surface area contributed by atoms with E-state index in [0.29, 0.717) is 11.1 Å². The van der Waals surface area contributed by atoms with Crippen LogP contribution in [-0.4, -0.2) is 47.8 Å². The lowest BCUT2D eigenvalue weighted by Gasteiger charge is -2.26. The smallest absolute Gasteiger partial charge is 0.131 e. The molecule has 0 heterocycles. The Morgan fingerprint density at radius 1 is 0.224 bits per heavy atom. The van der Waals surface area contributed by atoms with Gasteiger partial charge in [-0.25, -0.2) is 0 Å². The Hall–Kier alpha value is -9.80. The highest BCUT2D eigenvalue weighted by Gasteiger charge is 2.20. The standard InChI is InChI=1S/C66H57N3O7/c1-71-58-31-19-52(20-32-58)67(53-21-33-59(72-2)34-22-53)49-13-7-45(8-14-49)48-43-64(46-9-15-50(16-10-46)68(54-23-35-60(73-3)36-24-54)55-25-37-61(74-4)38-26-55)66(70)65(44-48)47-11-17-51(18-12-47)69(56-27-39-62(75-5)40-28-56)57-29-41-63(76-6)42-30-57/h7-44,70H,1-6H3. The van der Waals surface area contributed by atoms with Crippen LogP contribution in [0.4, 0.5) is 51.2 Å². The van der Waals surface area contributed by atoms with E-state index in [0.717, 1.165) is 108 Å². The normalized spacial score (nSPS) is 10.8. The Kier molecular flexibility index (Phi) is 14.8. The average Bonchev–Trinajstić information content (AvgIpc) is 3.49. The molecule has 0 aliphatic heterocycles. The molecule has 0 atom stereocenters. The number of ether oxygens (including phenoxy) is 6. The number of phenolic OH excluding ortho intramolecular Hbond substituents is 1.